The van der Waals surface area contributed by atoms with Crippen LogP contribution in [0.3, 0.4) is 0 Å². The predicted octanol–water partition coefficient (Wildman–Crippen LogP) is 0.338. The zero-order valence-electron chi connectivity index (χ0n) is 11.1. The molecule has 1 aliphatic rings. The van der Waals surface area contributed by atoms with Crippen molar-refractivity contribution >= 4 is 21.4 Å². The van der Waals surface area contributed by atoms with E-state index in [4.69, 9.17) is 10.6 Å². The van der Waals surface area contributed by atoms with Crippen molar-refractivity contribution in [1.29, 1.82) is 0 Å². The molecule has 1 saturated heterocycles. The molecule has 1 atom stereocenters. The van der Waals surface area contributed by atoms with Gasteiger partial charge in [0.2, 0.25) is 10.0 Å². The zero-order chi connectivity index (χ0) is 15.5. The van der Waals surface area contributed by atoms with E-state index in [1.807, 2.05) is 0 Å². The standard InChI is InChI=1S/C11H16N4O5S/c12-14-10-6-8(15(16)17)3-4-11(10)21(18,19)13-7-9-2-1-5-20-9/h3-4,6,9,13-14H,1-2,5,7,12H2. The van der Waals surface area contributed by atoms with Crippen molar-refractivity contribution in [2.24, 2.45) is 5.84 Å². The third-order valence-corrected chi connectivity index (χ3v) is 4.63. The number of nitrogen functional groups attached to an aromatic ring is 1. The van der Waals surface area contributed by atoms with Crippen molar-refractivity contribution in [2.45, 2.75) is 23.8 Å². The van der Waals surface area contributed by atoms with Crippen molar-refractivity contribution in [3.05, 3.63) is 28.3 Å². The summed E-state index contributed by atoms with van der Waals surface area (Å²) >= 11 is 0. The Bertz CT molecular complexity index is 628. The summed E-state index contributed by atoms with van der Waals surface area (Å²) in [4.78, 5) is 9.91. The minimum Gasteiger partial charge on any atom is -0.377 e. The van der Waals surface area contributed by atoms with Gasteiger partial charge in [0.25, 0.3) is 5.69 Å². The van der Waals surface area contributed by atoms with Crippen molar-refractivity contribution in [3.8, 4) is 0 Å². The predicted molar refractivity (Wildman–Crippen MR) is 75.1 cm³/mol. The summed E-state index contributed by atoms with van der Waals surface area (Å²) in [6, 6.07) is 3.33. The van der Waals surface area contributed by atoms with E-state index in [1.54, 1.807) is 0 Å². The number of nitro benzene ring substituents is 1. The molecule has 1 aliphatic heterocycles. The van der Waals surface area contributed by atoms with Gasteiger partial charge < -0.3 is 10.2 Å². The van der Waals surface area contributed by atoms with Gasteiger partial charge in [0.1, 0.15) is 4.90 Å². The van der Waals surface area contributed by atoms with Gasteiger partial charge in [0.05, 0.1) is 16.7 Å². The Hall–Kier alpha value is -1.75. The molecule has 1 fully saturated rings. The molecule has 1 unspecified atom stereocenters. The lowest BCUT2D eigenvalue weighted by atomic mass is 10.2. The van der Waals surface area contributed by atoms with Crippen LogP contribution in [0, 0.1) is 10.1 Å². The molecule has 2 rings (SSSR count). The number of nitro groups is 1. The maximum atomic E-state index is 12.2. The monoisotopic (exact) mass is 316 g/mol. The number of hydrazine groups is 1. The van der Waals surface area contributed by atoms with E-state index in [1.165, 1.54) is 0 Å². The summed E-state index contributed by atoms with van der Waals surface area (Å²) in [5.74, 6) is 5.25. The van der Waals surface area contributed by atoms with Crippen LogP contribution in [0.1, 0.15) is 12.8 Å². The van der Waals surface area contributed by atoms with Crippen molar-refractivity contribution < 1.29 is 18.1 Å². The van der Waals surface area contributed by atoms with Gasteiger partial charge in [-0.25, -0.2) is 13.1 Å². The molecule has 1 aromatic carbocycles. The summed E-state index contributed by atoms with van der Waals surface area (Å²) < 4.78 is 32.2. The Morgan fingerprint density at radius 1 is 1.48 bits per heavy atom. The number of nitrogens with one attached hydrogen (secondary N) is 2. The molecule has 0 bridgehead atoms. The first-order valence-electron chi connectivity index (χ1n) is 6.30. The second-order valence-corrected chi connectivity index (χ2v) is 6.30. The summed E-state index contributed by atoms with van der Waals surface area (Å²) in [5, 5.41) is 10.7. The van der Waals surface area contributed by atoms with E-state index < -0.39 is 14.9 Å². The number of rotatable bonds is 6. The van der Waals surface area contributed by atoms with E-state index in [9.17, 15) is 18.5 Å². The minimum absolute atomic E-state index is 0.0379. The second-order valence-electron chi connectivity index (χ2n) is 4.57. The average molecular weight is 316 g/mol. The average Bonchev–Trinajstić information content (AvgIpc) is 2.97. The van der Waals surface area contributed by atoms with Gasteiger partial charge in [-0.2, -0.15) is 0 Å². The minimum atomic E-state index is -3.83. The Kier molecular flexibility index (Phi) is 4.73. The highest BCUT2D eigenvalue weighted by atomic mass is 32.2. The third-order valence-electron chi connectivity index (χ3n) is 3.14. The van der Waals surface area contributed by atoms with Crippen LogP contribution in [-0.4, -0.2) is 32.6 Å². The van der Waals surface area contributed by atoms with Gasteiger partial charge in [-0.05, 0) is 18.9 Å². The van der Waals surface area contributed by atoms with Gasteiger partial charge in [0.15, 0.2) is 0 Å². The first kappa shape index (κ1) is 15.6. The number of sulfonamides is 1. The molecule has 0 spiro atoms. The van der Waals surface area contributed by atoms with Gasteiger partial charge in [-0.15, -0.1) is 0 Å². The van der Waals surface area contributed by atoms with Crippen LogP contribution in [0.15, 0.2) is 23.1 Å². The smallest absolute Gasteiger partial charge is 0.271 e. The molecule has 0 aliphatic carbocycles. The molecule has 10 heteroatoms. The molecule has 116 valence electrons. The van der Waals surface area contributed by atoms with E-state index in [2.05, 4.69) is 10.1 Å². The summed E-state index contributed by atoms with van der Waals surface area (Å²) in [5.41, 5.74) is 1.88. The van der Waals surface area contributed by atoms with Crippen molar-refractivity contribution in [3.63, 3.8) is 0 Å². The summed E-state index contributed by atoms with van der Waals surface area (Å²) in [7, 11) is -3.83. The molecule has 0 amide bonds. The largest absolute Gasteiger partial charge is 0.377 e. The van der Waals surface area contributed by atoms with Crippen LogP contribution in [0.25, 0.3) is 0 Å². The molecular weight excluding hydrogens is 300 g/mol. The van der Waals surface area contributed by atoms with Gasteiger partial charge in [-0.3, -0.25) is 16.0 Å². The van der Waals surface area contributed by atoms with Crippen LogP contribution in [0.2, 0.25) is 0 Å². The van der Waals surface area contributed by atoms with Crippen LogP contribution in [0.4, 0.5) is 11.4 Å². The van der Waals surface area contributed by atoms with Crippen LogP contribution in [-0.2, 0) is 14.8 Å². The number of anilines is 1. The van der Waals surface area contributed by atoms with E-state index in [-0.39, 0.29) is 28.9 Å². The normalized spacial score (nSPS) is 18.6. The highest BCUT2D eigenvalue weighted by molar-refractivity contribution is 7.89. The first-order chi connectivity index (χ1) is 9.94. The maximum Gasteiger partial charge on any atom is 0.271 e. The number of non-ortho nitro benzene ring substituents is 1. The van der Waals surface area contributed by atoms with Crippen molar-refractivity contribution in [2.75, 3.05) is 18.6 Å². The Morgan fingerprint density at radius 3 is 2.81 bits per heavy atom. The fourth-order valence-corrected chi connectivity index (χ4v) is 3.28. The SMILES string of the molecule is NNc1cc([N+](=O)[O-])ccc1S(=O)(=O)NCC1CCCO1. The van der Waals surface area contributed by atoms with Gasteiger partial charge >= 0.3 is 0 Å². The number of benzene rings is 1. The van der Waals surface area contributed by atoms with Gasteiger partial charge in [0, 0.05) is 25.3 Å². The fraction of sp³-hybridized carbons (Fsp3) is 0.455. The van der Waals surface area contributed by atoms with Gasteiger partial charge in [-0.1, -0.05) is 0 Å². The highest BCUT2D eigenvalue weighted by Gasteiger charge is 2.23. The van der Waals surface area contributed by atoms with Crippen LogP contribution >= 0.6 is 0 Å². The number of hydrogen-bond donors (Lipinski definition) is 3. The fourth-order valence-electron chi connectivity index (χ4n) is 2.06. The molecule has 1 heterocycles. The highest BCUT2D eigenvalue weighted by Crippen LogP contribution is 2.25. The lowest BCUT2D eigenvalue weighted by Crippen LogP contribution is -2.32. The molecule has 1 aromatic rings. The molecule has 0 saturated carbocycles. The van der Waals surface area contributed by atoms with E-state index in [0.717, 1.165) is 31.0 Å². The molecule has 21 heavy (non-hydrogen) atoms. The molecule has 0 radical (unpaired) electrons. The maximum absolute atomic E-state index is 12.2. The summed E-state index contributed by atoms with van der Waals surface area (Å²) in [6.07, 6.45) is 1.55. The van der Waals surface area contributed by atoms with Crippen LogP contribution < -0.4 is 16.0 Å². The lowest BCUT2D eigenvalue weighted by molar-refractivity contribution is -0.384. The Labute approximate surface area is 121 Å². The first-order valence-corrected chi connectivity index (χ1v) is 7.78. The Morgan fingerprint density at radius 2 is 2.24 bits per heavy atom. The molecular formula is C11H16N4O5S. The number of nitrogens with zero attached hydrogens (tertiary/aromatic N) is 1. The molecule has 0 aromatic heterocycles. The van der Waals surface area contributed by atoms with E-state index >= 15 is 0 Å². The third kappa shape index (κ3) is 3.67. The molecule has 9 nitrogen and oxygen atoms in total. The quantitative estimate of drug-likeness (QED) is 0.391. The summed E-state index contributed by atoms with van der Waals surface area (Å²) in [6.45, 7) is 0.781. The molecule has 4 N–H and O–H groups in total. The van der Waals surface area contributed by atoms with Crippen molar-refractivity contribution in [1.82, 2.24) is 4.72 Å². The topological polar surface area (TPSA) is 137 Å². The second kappa shape index (κ2) is 6.35. The number of hydrogen-bond acceptors (Lipinski definition) is 7. The lowest BCUT2D eigenvalue weighted by Gasteiger charge is -2.13. The number of nitrogens with two attached hydrogens (primary N) is 1. The van der Waals surface area contributed by atoms with E-state index in [0.29, 0.717) is 6.61 Å². The van der Waals surface area contributed by atoms with Crippen LogP contribution in [0.5, 0.6) is 0 Å². The number of ether oxygens (including phenoxy) is 1. The Balaban J connectivity index is 2.20. The zero-order valence-corrected chi connectivity index (χ0v) is 11.9.